The van der Waals surface area contributed by atoms with Gasteiger partial charge in [0.1, 0.15) is 16.5 Å². The van der Waals surface area contributed by atoms with E-state index in [9.17, 15) is 13.2 Å². The maximum absolute atomic E-state index is 12.4. The molecule has 0 radical (unpaired) electrons. The van der Waals surface area contributed by atoms with E-state index < -0.39 is 9.84 Å². The van der Waals surface area contributed by atoms with E-state index in [4.69, 9.17) is 4.74 Å². The van der Waals surface area contributed by atoms with E-state index >= 15 is 0 Å². The van der Waals surface area contributed by atoms with Crippen molar-refractivity contribution >= 4 is 32.2 Å². The Hall–Kier alpha value is -2.78. The maximum Gasteiger partial charge on any atom is 0.230 e. The van der Waals surface area contributed by atoms with Gasteiger partial charge < -0.3 is 10.1 Å². The second kappa shape index (κ2) is 8.28. The van der Waals surface area contributed by atoms with Crippen LogP contribution in [-0.4, -0.2) is 31.6 Å². The highest BCUT2D eigenvalue weighted by molar-refractivity contribution is 7.90. The van der Waals surface area contributed by atoms with E-state index in [0.29, 0.717) is 10.8 Å². The number of methoxy groups -OCH3 is 1. The van der Waals surface area contributed by atoms with Crippen LogP contribution < -0.4 is 10.1 Å². The first-order valence-electron chi connectivity index (χ1n) is 7.99. The molecule has 27 heavy (non-hydrogen) atoms. The van der Waals surface area contributed by atoms with Crippen molar-refractivity contribution in [2.75, 3.05) is 12.4 Å². The lowest BCUT2D eigenvalue weighted by Gasteiger charge is -2.03. The number of carbonyl (C=O) groups excluding carboxylic acids is 1. The number of aromatic nitrogens is 2. The Morgan fingerprint density at radius 2 is 1.78 bits per heavy atom. The molecule has 0 unspecified atom stereocenters. The normalized spacial score (nSPS) is 11.1. The van der Waals surface area contributed by atoms with Gasteiger partial charge in [-0.2, -0.15) is 0 Å². The molecule has 3 rings (SSSR count). The van der Waals surface area contributed by atoms with Gasteiger partial charge in [-0.1, -0.05) is 41.7 Å². The zero-order chi connectivity index (χ0) is 19.3. The smallest absolute Gasteiger partial charge is 0.230 e. The zero-order valence-electron chi connectivity index (χ0n) is 14.5. The number of rotatable bonds is 7. The van der Waals surface area contributed by atoms with Crippen LogP contribution >= 0.6 is 11.3 Å². The van der Waals surface area contributed by atoms with Crippen molar-refractivity contribution < 1.29 is 17.9 Å². The van der Waals surface area contributed by atoms with Crippen molar-refractivity contribution in [3.05, 3.63) is 65.2 Å². The van der Waals surface area contributed by atoms with Crippen molar-refractivity contribution in [3.8, 4) is 5.75 Å². The van der Waals surface area contributed by atoms with Crippen LogP contribution in [0.3, 0.4) is 0 Å². The molecule has 0 atom stereocenters. The summed E-state index contributed by atoms with van der Waals surface area (Å²) in [5.74, 6) is 0.199. The van der Waals surface area contributed by atoms with Crippen LogP contribution in [0.15, 0.2) is 59.5 Å². The monoisotopic (exact) mass is 403 g/mol. The lowest BCUT2D eigenvalue weighted by atomic mass is 10.1. The number of carbonyl (C=O) groups is 1. The summed E-state index contributed by atoms with van der Waals surface area (Å²) in [4.78, 5) is 12.4. The second-order valence-corrected chi connectivity index (χ2v) is 8.70. The molecule has 7 nitrogen and oxygen atoms in total. The van der Waals surface area contributed by atoms with Crippen LogP contribution in [0.1, 0.15) is 10.6 Å². The molecule has 1 heterocycles. The van der Waals surface area contributed by atoms with Crippen molar-refractivity contribution in [1.82, 2.24) is 10.2 Å². The lowest BCUT2D eigenvalue weighted by molar-refractivity contribution is -0.115. The fourth-order valence-corrected chi connectivity index (χ4v) is 4.70. The third-order valence-electron chi connectivity index (χ3n) is 3.65. The topological polar surface area (TPSA) is 98.2 Å². The van der Waals surface area contributed by atoms with Gasteiger partial charge in [-0.15, -0.1) is 10.2 Å². The molecular weight excluding hydrogens is 386 g/mol. The van der Waals surface area contributed by atoms with Gasteiger partial charge in [0.25, 0.3) is 0 Å². The average molecular weight is 403 g/mol. The Labute approximate surface area is 161 Å². The molecule has 0 aliphatic rings. The Kier molecular flexibility index (Phi) is 5.82. The van der Waals surface area contributed by atoms with Gasteiger partial charge in [-0.3, -0.25) is 4.79 Å². The van der Waals surface area contributed by atoms with E-state index in [1.165, 1.54) is 12.1 Å². The molecule has 9 heteroatoms. The SMILES string of the molecule is COc1ccc(CC(=O)Nc2nnc(CS(=O)(=O)c3ccccc3)s2)cc1. The predicted molar refractivity (Wildman–Crippen MR) is 103 cm³/mol. The largest absolute Gasteiger partial charge is 0.497 e. The third-order valence-corrected chi connectivity index (χ3v) is 6.32. The van der Waals surface area contributed by atoms with Crippen LogP contribution in [0.25, 0.3) is 0 Å². The highest BCUT2D eigenvalue weighted by atomic mass is 32.2. The maximum atomic E-state index is 12.4. The summed E-state index contributed by atoms with van der Waals surface area (Å²) < 4.78 is 29.8. The first kappa shape index (κ1) is 19.0. The Bertz CT molecular complexity index is 1020. The predicted octanol–water partition coefficient (Wildman–Crippen LogP) is 2.70. The number of benzene rings is 2. The van der Waals surface area contributed by atoms with Crippen LogP contribution in [0.5, 0.6) is 5.75 Å². The van der Waals surface area contributed by atoms with Crippen molar-refractivity contribution in [1.29, 1.82) is 0 Å². The second-order valence-electron chi connectivity index (χ2n) is 5.65. The van der Waals surface area contributed by atoms with Gasteiger partial charge in [0.2, 0.25) is 11.0 Å². The van der Waals surface area contributed by atoms with E-state index in [1.807, 2.05) is 0 Å². The molecule has 0 aliphatic carbocycles. The van der Waals surface area contributed by atoms with Crippen LogP contribution in [-0.2, 0) is 26.8 Å². The molecule has 2 aromatic carbocycles. The van der Waals surface area contributed by atoms with Crippen LogP contribution in [0.4, 0.5) is 5.13 Å². The number of hydrogen-bond acceptors (Lipinski definition) is 7. The van der Waals surface area contributed by atoms with Gasteiger partial charge in [0.05, 0.1) is 18.4 Å². The van der Waals surface area contributed by atoms with E-state index in [1.54, 1.807) is 49.6 Å². The molecule has 3 aromatic rings. The van der Waals surface area contributed by atoms with E-state index in [-0.39, 0.29) is 28.1 Å². The summed E-state index contributed by atoms with van der Waals surface area (Å²) >= 11 is 1.05. The number of sulfone groups is 1. The summed E-state index contributed by atoms with van der Waals surface area (Å²) in [6.07, 6.45) is 0.168. The highest BCUT2D eigenvalue weighted by Crippen LogP contribution is 2.21. The molecular formula is C18H17N3O4S2. The van der Waals surface area contributed by atoms with E-state index in [0.717, 1.165) is 16.9 Å². The minimum absolute atomic E-state index is 0.168. The molecule has 0 saturated carbocycles. The summed E-state index contributed by atoms with van der Waals surface area (Å²) in [5.41, 5.74) is 0.824. The summed E-state index contributed by atoms with van der Waals surface area (Å²) in [6.45, 7) is 0. The first-order chi connectivity index (χ1) is 13.0. The van der Waals surface area contributed by atoms with Gasteiger partial charge in [-0.05, 0) is 29.8 Å². The number of nitrogens with one attached hydrogen (secondary N) is 1. The Balaban J connectivity index is 1.61. The van der Waals surface area contributed by atoms with Gasteiger partial charge in [0.15, 0.2) is 9.84 Å². The molecule has 1 amide bonds. The molecule has 0 saturated heterocycles. The third kappa shape index (κ3) is 5.11. The van der Waals surface area contributed by atoms with Gasteiger partial charge in [0, 0.05) is 0 Å². The Morgan fingerprint density at radius 3 is 2.44 bits per heavy atom. The minimum atomic E-state index is -3.50. The number of ether oxygens (including phenoxy) is 1. The minimum Gasteiger partial charge on any atom is -0.497 e. The molecule has 0 spiro atoms. The molecule has 0 fully saturated rings. The number of nitrogens with zero attached hydrogens (tertiary/aromatic N) is 2. The Morgan fingerprint density at radius 1 is 1.07 bits per heavy atom. The summed E-state index contributed by atoms with van der Waals surface area (Å²) in [7, 11) is -1.92. The summed E-state index contributed by atoms with van der Waals surface area (Å²) in [6, 6.07) is 15.3. The highest BCUT2D eigenvalue weighted by Gasteiger charge is 2.18. The molecule has 0 aliphatic heterocycles. The molecule has 140 valence electrons. The van der Waals surface area contributed by atoms with Gasteiger partial charge >= 0.3 is 0 Å². The standard InChI is InChI=1S/C18H17N3O4S2/c1-25-14-9-7-13(8-10-14)11-16(22)19-18-21-20-17(26-18)12-27(23,24)15-5-3-2-4-6-15/h2-10H,11-12H2,1H3,(H,19,21,22). The first-order valence-corrected chi connectivity index (χ1v) is 10.5. The number of anilines is 1. The van der Waals surface area contributed by atoms with Gasteiger partial charge in [-0.25, -0.2) is 8.42 Å². The number of amides is 1. The van der Waals surface area contributed by atoms with Crippen molar-refractivity contribution in [2.45, 2.75) is 17.1 Å². The lowest BCUT2D eigenvalue weighted by Crippen LogP contribution is -2.14. The molecule has 0 bridgehead atoms. The zero-order valence-corrected chi connectivity index (χ0v) is 16.1. The summed E-state index contributed by atoms with van der Waals surface area (Å²) in [5, 5.41) is 11.0. The molecule has 1 N–H and O–H groups in total. The molecule has 1 aromatic heterocycles. The number of hydrogen-bond donors (Lipinski definition) is 1. The fraction of sp³-hybridized carbons (Fsp3) is 0.167. The van der Waals surface area contributed by atoms with E-state index in [2.05, 4.69) is 15.5 Å². The van der Waals surface area contributed by atoms with Crippen molar-refractivity contribution in [2.24, 2.45) is 0 Å². The quantitative estimate of drug-likeness (QED) is 0.651. The van der Waals surface area contributed by atoms with Crippen LogP contribution in [0.2, 0.25) is 0 Å². The van der Waals surface area contributed by atoms with Crippen molar-refractivity contribution in [3.63, 3.8) is 0 Å². The average Bonchev–Trinajstić information content (AvgIpc) is 3.09. The van der Waals surface area contributed by atoms with Crippen LogP contribution in [0, 0.1) is 0 Å². The fourth-order valence-electron chi connectivity index (χ4n) is 2.33.